The molecule has 12 nitrogen and oxygen atoms in total. The van der Waals surface area contributed by atoms with Gasteiger partial charge in [0.05, 0.1) is 19.2 Å². The molecule has 0 bridgehead atoms. The summed E-state index contributed by atoms with van der Waals surface area (Å²) in [5.74, 6) is -1.54. The van der Waals surface area contributed by atoms with Crippen molar-refractivity contribution in [3.8, 4) is 0 Å². The highest BCUT2D eigenvalue weighted by Crippen LogP contribution is 2.29. The summed E-state index contributed by atoms with van der Waals surface area (Å²) in [6, 6.07) is 15.5. The molecule has 2 fully saturated rings. The van der Waals surface area contributed by atoms with E-state index < -0.39 is 47.5 Å². The van der Waals surface area contributed by atoms with E-state index in [1.807, 2.05) is 74.5 Å². The molecule has 0 radical (unpaired) electrons. The standard InChI is InChI=1S/C42H62N6O6/c1-29(2)17-19-33(38(50)42(5)28-54-42)44-41(53)36(26-32-15-11-8-12-16-32)46-40(52)35(25-30(3)4)45-39(51)34(20-18-31-13-9-7-10-14-31)43-37(49)27-48-23-21-47(6)22-24-48/h7-16,29-30,33-36H,17-28H2,1-6H3,(H,43,49)(H,44,53)(H,45,51)(H,46,52)/t33-,34-,35?,36-,42+/m0/s1. The number of epoxide rings is 1. The molecule has 54 heavy (non-hydrogen) atoms. The van der Waals surface area contributed by atoms with E-state index in [1.54, 1.807) is 6.92 Å². The Kier molecular flexibility index (Phi) is 16.2. The minimum atomic E-state index is -1.02. The lowest BCUT2D eigenvalue weighted by molar-refractivity contribution is -0.135. The van der Waals surface area contributed by atoms with E-state index in [1.165, 1.54) is 0 Å². The number of rotatable bonds is 21. The monoisotopic (exact) mass is 746 g/mol. The summed E-state index contributed by atoms with van der Waals surface area (Å²) in [6.07, 6.45) is 2.56. The molecule has 0 aliphatic carbocycles. The van der Waals surface area contributed by atoms with Gasteiger partial charge in [-0.15, -0.1) is 0 Å². The molecule has 4 N–H and O–H groups in total. The van der Waals surface area contributed by atoms with Gasteiger partial charge in [0.15, 0.2) is 5.78 Å². The van der Waals surface area contributed by atoms with Gasteiger partial charge in [-0.1, -0.05) is 88.4 Å². The molecule has 5 atom stereocenters. The average molecular weight is 747 g/mol. The number of aryl methyl sites for hydroxylation is 1. The summed E-state index contributed by atoms with van der Waals surface area (Å²) in [5.41, 5.74) is 0.938. The molecule has 4 rings (SSSR count). The summed E-state index contributed by atoms with van der Waals surface area (Å²) >= 11 is 0. The molecule has 4 amide bonds. The Labute approximate surface area is 321 Å². The van der Waals surface area contributed by atoms with E-state index in [0.29, 0.717) is 38.2 Å². The third-order valence-corrected chi connectivity index (χ3v) is 10.2. The van der Waals surface area contributed by atoms with Crippen molar-refractivity contribution >= 4 is 29.4 Å². The first-order chi connectivity index (χ1) is 25.7. The maximum Gasteiger partial charge on any atom is 0.243 e. The van der Waals surface area contributed by atoms with Crippen molar-refractivity contribution in [1.29, 1.82) is 0 Å². The summed E-state index contributed by atoms with van der Waals surface area (Å²) in [6.45, 7) is 13.5. The Morgan fingerprint density at radius 1 is 0.667 bits per heavy atom. The molecule has 2 aromatic carbocycles. The number of hydrogen-bond acceptors (Lipinski definition) is 8. The van der Waals surface area contributed by atoms with Gasteiger partial charge in [-0.3, -0.25) is 28.9 Å². The second-order valence-corrected chi connectivity index (χ2v) is 16.1. The first-order valence-electron chi connectivity index (χ1n) is 19.6. The molecule has 2 aliphatic heterocycles. The lowest BCUT2D eigenvalue weighted by Crippen LogP contribution is -2.59. The lowest BCUT2D eigenvalue weighted by Gasteiger charge is -2.32. The maximum atomic E-state index is 14.1. The van der Waals surface area contributed by atoms with Crippen LogP contribution in [0.2, 0.25) is 0 Å². The van der Waals surface area contributed by atoms with E-state index in [4.69, 9.17) is 4.74 Å². The molecule has 2 aromatic rings. The summed E-state index contributed by atoms with van der Waals surface area (Å²) < 4.78 is 5.44. The van der Waals surface area contributed by atoms with Crippen molar-refractivity contribution in [1.82, 2.24) is 31.1 Å². The molecule has 0 spiro atoms. The number of piperazine rings is 1. The van der Waals surface area contributed by atoms with Gasteiger partial charge in [0, 0.05) is 32.6 Å². The zero-order valence-corrected chi connectivity index (χ0v) is 33.1. The van der Waals surface area contributed by atoms with Crippen LogP contribution in [0, 0.1) is 11.8 Å². The third-order valence-electron chi connectivity index (χ3n) is 10.2. The summed E-state index contributed by atoms with van der Waals surface area (Å²) in [7, 11) is 2.05. The van der Waals surface area contributed by atoms with E-state index in [0.717, 1.165) is 43.7 Å². The smallest absolute Gasteiger partial charge is 0.243 e. The molecule has 12 heteroatoms. The van der Waals surface area contributed by atoms with Gasteiger partial charge in [-0.2, -0.15) is 0 Å². The number of nitrogens with zero attached hydrogens (tertiary/aromatic N) is 2. The van der Waals surface area contributed by atoms with Crippen LogP contribution in [-0.2, 0) is 41.6 Å². The van der Waals surface area contributed by atoms with E-state index in [9.17, 15) is 24.0 Å². The fraction of sp³-hybridized carbons (Fsp3) is 0.595. The van der Waals surface area contributed by atoms with Crippen molar-refractivity contribution in [2.24, 2.45) is 11.8 Å². The van der Waals surface area contributed by atoms with Crippen LogP contribution in [0.1, 0.15) is 71.4 Å². The van der Waals surface area contributed by atoms with Gasteiger partial charge in [-0.25, -0.2) is 0 Å². The first-order valence-corrected chi connectivity index (χ1v) is 19.6. The van der Waals surface area contributed by atoms with Gasteiger partial charge in [0.25, 0.3) is 0 Å². The molecule has 2 aliphatic rings. The molecule has 0 saturated carbocycles. The fourth-order valence-electron chi connectivity index (χ4n) is 6.64. The number of ketones is 1. The van der Waals surface area contributed by atoms with Crippen LogP contribution in [-0.4, -0.2) is 115 Å². The zero-order chi connectivity index (χ0) is 39.3. The van der Waals surface area contributed by atoms with Crippen molar-refractivity contribution in [2.75, 3.05) is 46.4 Å². The van der Waals surface area contributed by atoms with E-state index in [2.05, 4.69) is 52.0 Å². The van der Waals surface area contributed by atoms with Crippen LogP contribution < -0.4 is 21.3 Å². The molecule has 1 unspecified atom stereocenters. The van der Waals surface area contributed by atoms with Crippen LogP contribution in [0.25, 0.3) is 0 Å². The van der Waals surface area contributed by atoms with Gasteiger partial charge in [0.2, 0.25) is 23.6 Å². The highest BCUT2D eigenvalue weighted by molar-refractivity contribution is 5.98. The first kappa shape index (κ1) is 42.6. The van der Waals surface area contributed by atoms with Crippen LogP contribution in [0.4, 0.5) is 0 Å². The van der Waals surface area contributed by atoms with Crippen LogP contribution in [0.3, 0.4) is 0 Å². The average Bonchev–Trinajstić information content (AvgIpc) is 3.90. The predicted octanol–water partition coefficient (Wildman–Crippen LogP) is 2.89. The second kappa shape index (κ2) is 20.5. The largest absolute Gasteiger partial charge is 0.361 e. The normalized spacial score (nSPS) is 19.7. The van der Waals surface area contributed by atoms with Crippen molar-refractivity contribution in [2.45, 2.75) is 103 Å². The van der Waals surface area contributed by atoms with Gasteiger partial charge < -0.3 is 30.9 Å². The molecular weight excluding hydrogens is 684 g/mol. The Morgan fingerprint density at radius 3 is 1.78 bits per heavy atom. The number of ether oxygens (including phenoxy) is 1. The molecule has 296 valence electrons. The van der Waals surface area contributed by atoms with Gasteiger partial charge >= 0.3 is 0 Å². The SMILES string of the molecule is CC(C)CC[C@H](NC(=O)[C@H](Cc1ccccc1)NC(=O)C(CC(C)C)NC(=O)[C@H](CCc1ccccc1)NC(=O)CN1CCN(C)CC1)C(=O)[C@@]1(C)CO1. The molecular formula is C42H62N6O6. The summed E-state index contributed by atoms with van der Waals surface area (Å²) in [4.78, 5) is 73.2. The number of Topliss-reactive ketones (excluding diaryl/α,β-unsaturated/α-hetero) is 1. The van der Waals surface area contributed by atoms with E-state index >= 15 is 0 Å². The lowest BCUT2D eigenvalue weighted by atomic mass is 9.93. The Bertz CT molecular complexity index is 1520. The number of likely N-dealkylation sites (N-methyl/N-ethyl adjacent to an activating group) is 1. The minimum Gasteiger partial charge on any atom is -0.361 e. The van der Waals surface area contributed by atoms with Crippen LogP contribution >= 0.6 is 0 Å². The Hall–Kier alpha value is -4.13. The highest BCUT2D eigenvalue weighted by atomic mass is 16.6. The molecule has 2 heterocycles. The number of carbonyl (C=O) groups excluding carboxylic acids is 5. The van der Waals surface area contributed by atoms with Crippen molar-refractivity contribution < 1.29 is 28.7 Å². The number of nitrogens with one attached hydrogen (secondary N) is 4. The second-order valence-electron chi connectivity index (χ2n) is 16.1. The zero-order valence-electron chi connectivity index (χ0n) is 33.1. The molecule has 2 saturated heterocycles. The van der Waals surface area contributed by atoms with E-state index in [-0.39, 0.29) is 30.6 Å². The Morgan fingerprint density at radius 2 is 1.20 bits per heavy atom. The predicted molar refractivity (Wildman–Crippen MR) is 209 cm³/mol. The minimum absolute atomic E-state index is 0.0226. The number of benzene rings is 2. The number of carbonyl (C=O) groups is 5. The molecule has 0 aromatic heterocycles. The maximum absolute atomic E-state index is 14.1. The van der Waals surface area contributed by atoms with Gasteiger partial charge in [-0.05, 0) is 69.0 Å². The van der Waals surface area contributed by atoms with Gasteiger partial charge in [0.1, 0.15) is 23.7 Å². The van der Waals surface area contributed by atoms with Crippen molar-refractivity contribution in [3.05, 3.63) is 71.8 Å². The van der Waals surface area contributed by atoms with Crippen molar-refractivity contribution in [3.63, 3.8) is 0 Å². The Balaban J connectivity index is 1.51. The number of hydrogen-bond donors (Lipinski definition) is 4. The van der Waals surface area contributed by atoms with Crippen LogP contribution in [0.15, 0.2) is 60.7 Å². The quantitative estimate of drug-likeness (QED) is 0.143. The number of amides is 4. The topological polar surface area (TPSA) is 152 Å². The fourth-order valence-corrected chi connectivity index (χ4v) is 6.64. The van der Waals surface area contributed by atoms with Crippen LogP contribution in [0.5, 0.6) is 0 Å². The summed E-state index contributed by atoms with van der Waals surface area (Å²) in [5, 5.41) is 11.8. The highest BCUT2D eigenvalue weighted by Gasteiger charge is 2.50. The third kappa shape index (κ3) is 13.9.